The molecule has 1 aliphatic rings. The van der Waals surface area contributed by atoms with E-state index in [4.69, 9.17) is 16.3 Å². The van der Waals surface area contributed by atoms with Crippen LogP contribution in [0.3, 0.4) is 0 Å². The van der Waals surface area contributed by atoms with E-state index in [-0.39, 0.29) is 6.09 Å². The molecule has 1 fully saturated rings. The number of amides is 1. The number of hydrogen-bond acceptors (Lipinski definition) is 4. The smallest absolute Gasteiger partial charge is 0.410 e. The van der Waals surface area contributed by atoms with Gasteiger partial charge in [-0.05, 0) is 46.0 Å². The van der Waals surface area contributed by atoms with Gasteiger partial charge in [-0.25, -0.2) is 9.78 Å². The van der Waals surface area contributed by atoms with Crippen LogP contribution in [0.25, 0.3) is 0 Å². The molecule has 0 N–H and O–H groups in total. The number of carbonyl (C=O) groups is 1. The molecule has 0 spiro atoms. The van der Waals surface area contributed by atoms with E-state index in [0.717, 1.165) is 31.5 Å². The highest BCUT2D eigenvalue weighted by Gasteiger charge is 2.28. The molecule has 0 bridgehead atoms. The molecule has 0 aliphatic carbocycles. The summed E-state index contributed by atoms with van der Waals surface area (Å²) in [5.74, 6) is 0.348. The second-order valence-electron chi connectivity index (χ2n) is 6.43. The fourth-order valence-electron chi connectivity index (χ4n) is 2.48. The van der Waals surface area contributed by atoms with Crippen molar-refractivity contribution in [3.05, 3.63) is 23.2 Å². The fourth-order valence-corrected chi connectivity index (χ4v) is 2.67. The minimum atomic E-state index is -0.460. The Morgan fingerprint density at radius 1 is 1.43 bits per heavy atom. The Kier molecular flexibility index (Phi) is 5.04. The molecular weight excluding hydrogens is 290 g/mol. The van der Waals surface area contributed by atoms with Crippen LogP contribution in [0.2, 0.25) is 5.15 Å². The molecule has 2 rings (SSSR count). The van der Waals surface area contributed by atoms with Crippen molar-refractivity contribution in [2.75, 3.05) is 13.1 Å². The Labute approximate surface area is 130 Å². The van der Waals surface area contributed by atoms with Crippen molar-refractivity contribution in [3.8, 4) is 0 Å². The topological polar surface area (TPSA) is 55.3 Å². The summed E-state index contributed by atoms with van der Waals surface area (Å²) in [4.78, 5) is 22.2. The number of rotatable bonds is 2. The lowest BCUT2D eigenvalue weighted by Gasteiger charge is -2.34. The Morgan fingerprint density at radius 3 is 2.81 bits per heavy atom. The van der Waals surface area contributed by atoms with Crippen molar-refractivity contribution in [1.29, 1.82) is 0 Å². The molecule has 6 heteroatoms. The quantitative estimate of drug-likeness (QED) is 0.840. The molecule has 1 aliphatic heterocycles. The normalized spacial score (nSPS) is 19.4. The molecular formula is C15H22ClN3O2. The van der Waals surface area contributed by atoms with Gasteiger partial charge in [0.05, 0.1) is 5.69 Å². The van der Waals surface area contributed by atoms with Gasteiger partial charge >= 0.3 is 6.09 Å². The van der Waals surface area contributed by atoms with Gasteiger partial charge in [-0.2, -0.15) is 0 Å². The average Bonchev–Trinajstić information content (AvgIpc) is 2.40. The van der Waals surface area contributed by atoms with Crippen molar-refractivity contribution in [1.82, 2.24) is 14.9 Å². The number of nitrogens with zero attached hydrogens (tertiary/aromatic N) is 3. The maximum absolute atomic E-state index is 12.1. The molecule has 5 nitrogen and oxygen atoms in total. The van der Waals surface area contributed by atoms with Crippen LogP contribution in [0.5, 0.6) is 0 Å². The van der Waals surface area contributed by atoms with Crippen molar-refractivity contribution in [2.45, 2.75) is 45.6 Å². The molecule has 2 heterocycles. The predicted molar refractivity (Wildman–Crippen MR) is 81.3 cm³/mol. The minimum absolute atomic E-state index is 0.238. The summed E-state index contributed by atoms with van der Waals surface area (Å²) in [7, 11) is 0. The first kappa shape index (κ1) is 16.0. The van der Waals surface area contributed by atoms with E-state index in [0.29, 0.717) is 17.6 Å². The fraction of sp³-hybridized carbons (Fsp3) is 0.667. The van der Waals surface area contributed by atoms with E-state index >= 15 is 0 Å². The lowest BCUT2D eigenvalue weighted by atomic mass is 9.94. The zero-order valence-corrected chi connectivity index (χ0v) is 13.6. The van der Waals surface area contributed by atoms with Crippen LogP contribution in [0, 0.1) is 5.92 Å². The Bertz CT molecular complexity index is 502. The average molecular weight is 312 g/mol. The summed E-state index contributed by atoms with van der Waals surface area (Å²) in [5, 5.41) is 0.451. The first-order valence-electron chi connectivity index (χ1n) is 7.28. The standard InChI is InChI=1S/C15H22ClN3O2/c1-15(2,3)21-14(20)19-8-4-5-11(10-19)9-12-13(16)18-7-6-17-12/h6-7,11H,4-5,8-10H2,1-3H3. The maximum atomic E-state index is 12.1. The third-order valence-corrected chi connectivity index (χ3v) is 3.69. The molecule has 116 valence electrons. The van der Waals surface area contributed by atoms with Crippen LogP contribution in [-0.2, 0) is 11.2 Å². The van der Waals surface area contributed by atoms with E-state index in [1.807, 2.05) is 20.8 Å². The zero-order valence-electron chi connectivity index (χ0n) is 12.8. The van der Waals surface area contributed by atoms with Crippen LogP contribution in [0.1, 0.15) is 39.3 Å². The van der Waals surface area contributed by atoms with Gasteiger partial charge in [-0.3, -0.25) is 4.98 Å². The van der Waals surface area contributed by atoms with Gasteiger partial charge in [0.15, 0.2) is 0 Å². The number of piperidine rings is 1. The van der Waals surface area contributed by atoms with E-state index in [2.05, 4.69) is 9.97 Å². The van der Waals surface area contributed by atoms with Gasteiger partial charge < -0.3 is 9.64 Å². The number of carbonyl (C=O) groups excluding carboxylic acids is 1. The highest BCUT2D eigenvalue weighted by Crippen LogP contribution is 2.23. The first-order valence-corrected chi connectivity index (χ1v) is 7.66. The van der Waals surface area contributed by atoms with Crippen LogP contribution in [0.15, 0.2) is 12.4 Å². The second kappa shape index (κ2) is 6.60. The van der Waals surface area contributed by atoms with Crippen molar-refractivity contribution in [3.63, 3.8) is 0 Å². The largest absolute Gasteiger partial charge is 0.444 e. The van der Waals surface area contributed by atoms with E-state index in [9.17, 15) is 4.79 Å². The summed E-state index contributed by atoms with van der Waals surface area (Å²) in [5.41, 5.74) is 0.341. The molecule has 21 heavy (non-hydrogen) atoms. The van der Waals surface area contributed by atoms with Crippen molar-refractivity contribution in [2.24, 2.45) is 5.92 Å². The molecule has 1 atom stereocenters. The van der Waals surface area contributed by atoms with Gasteiger partial charge in [0.2, 0.25) is 0 Å². The minimum Gasteiger partial charge on any atom is -0.444 e. The van der Waals surface area contributed by atoms with Crippen molar-refractivity contribution < 1.29 is 9.53 Å². The molecule has 1 unspecified atom stereocenters. The van der Waals surface area contributed by atoms with E-state index in [1.54, 1.807) is 17.3 Å². The summed E-state index contributed by atoms with van der Waals surface area (Å²) in [6, 6.07) is 0. The first-order chi connectivity index (χ1) is 9.85. The number of aromatic nitrogens is 2. The molecule has 1 saturated heterocycles. The van der Waals surface area contributed by atoms with Crippen LogP contribution >= 0.6 is 11.6 Å². The highest BCUT2D eigenvalue weighted by atomic mass is 35.5. The van der Waals surface area contributed by atoms with Gasteiger partial charge in [0.1, 0.15) is 10.8 Å². The highest BCUT2D eigenvalue weighted by molar-refractivity contribution is 6.29. The van der Waals surface area contributed by atoms with Crippen LogP contribution in [0.4, 0.5) is 4.79 Å². The number of hydrogen-bond donors (Lipinski definition) is 0. The zero-order chi connectivity index (χ0) is 15.5. The van der Waals surface area contributed by atoms with Gasteiger partial charge in [-0.1, -0.05) is 11.6 Å². The second-order valence-corrected chi connectivity index (χ2v) is 6.79. The van der Waals surface area contributed by atoms with Gasteiger partial charge in [0.25, 0.3) is 0 Å². The van der Waals surface area contributed by atoms with E-state index < -0.39 is 5.60 Å². The van der Waals surface area contributed by atoms with Gasteiger partial charge in [-0.15, -0.1) is 0 Å². The van der Waals surface area contributed by atoms with Gasteiger partial charge in [0, 0.05) is 25.5 Å². The lowest BCUT2D eigenvalue weighted by Crippen LogP contribution is -2.43. The summed E-state index contributed by atoms with van der Waals surface area (Å²) < 4.78 is 5.43. The maximum Gasteiger partial charge on any atom is 0.410 e. The van der Waals surface area contributed by atoms with Crippen LogP contribution in [-0.4, -0.2) is 39.7 Å². The predicted octanol–water partition coefficient (Wildman–Crippen LogP) is 3.32. The SMILES string of the molecule is CC(C)(C)OC(=O)N1CCCC(Cc2nccnc2Cl)C1. The molecule has 1 amide bonds. The van der Waals surface area contributed by atoms with E-state index in [1.165, 1.54) is 0 Å². The molecule has 1 aromatic heterocycles. The monoisotopic (exact) mass is 311 g/mol. The van der Waals surface area contributed by atoms with Crippen molar-refractivity contribution >= 4 is 17.7 Å². The molecule has 0 saturated carbocycles. The Morgan fingerprint density at radius 2 is 2.14 bits per heavy atom. The molecule has 0 aromatic carbocycles. The van der Waals surface area contributed by atoms with Crippen LogP contribution < -0.4 is 0 Å². The third-order valence-electron chi connectivity index (χ3n) is 3.38. The molecule has 0 radical (unpaired) electrons. The molecule has 1 aromatic rings. The summed E-state index contributed by atoms with van der Waals surface area (Å²) >= 11 is 6.05. The Hall–Kier alpha value is -1.36. The number of ether oxygens (including phenoxy) is 1. The third kappa shape index (κ3) is 4.84. The number of halogens is 1. The lowest BCUT2D eigenvalue weighted by molar-refractivity contribution is 0.0165. The summed E-state index contributed by atoms with van der Waals surface area (Å²) in [6.07, 6.45) is 5.77. The number of likely N-dealkylation sites (tertiary alicyclic amines) is 1. The summed E-state index contributed by atoms with van der Waals surface area (Å²) in [6.45, 7) is 7.07. The Balaban J connectivity index is 1.95.